The first kappa shape index (κ1) is 32.8. The van der Waals surface area contributed by atoms with Gasteiger partial charge in [-0.15, -0.1) is 0 Å². The maximum atomic E-state index is 7.17. The number of fused-ring (bicyclic) bond motifs is 11. The summed E-state index contributed by atoms with van der Waals surface area (Å²) in [4.78, 5) is 2.38. The van der Waals surface area contributed by atoms with E-state index >= 15 is 0 Å². The standard InChI is InChI=1S/C55H37NO2/c1-55(2)46-22-10-8-17-39(46)40-31-30-37(32-47(40)55)56(36-28-26-35(27-29-36)34-14-4-3-5-15-34)48-23-12-21-44-53-41-18-7-6-16-38(41)45(33-51(53)58-54(44)48)42-20-13-25-50-52(42)43-19-9-11-24-49(43)57-50/h3-33H,1-2H3. The average molecular weight is 744 g/mol. The van der Waals surface area contributed by atoms with Gasteiger partial charge in [0.15, 0.2) is 5.58 Å². The van der Waals surface area contributed by atoms with Gasteiger partial charge in [-0.25, -0.2) is 0 Å². The van der Waals surface area contributed by atoms with Gasteiger partial charge in [0.25, 0.3) is 0 Å². The molecule has 2 aromatic heterocycles. The van der Waals surface area contributed by atoms with Crippen LogP contribution in [0, 0.1) is 0 Å². The lowest BCUT2D eigenvalue weighted by molar-refractivity contribution is 0.660. The molecule has 0 saturated heterocycles. The van der Waals surface area contributed by atoms with Crippen LogP contribution < -0.4 is 4.90 Å². The van der Waals surface area contributed by atoms with Crippen molar-refractivity contribution in [2.45, 2.75) is 19.3 Å². The normalized spacial score (nSPS) is 13.1. The Morgan fingerprint density at radius 2 is 1.02 bits per heavy atom. The molecule has 0 spiro atoms. The monoisotopic (exact) mass is 743 g/mol. The van der Waals surface area contributed by atoms with Gasteiger partial charge >= 0.3 is 0 Å². The van der Waals surface area contributed by atoms with E-state index in [1.807, 2.05) is 12.1 Å². The quantitative estimate of drug-likeness (QED) is 0.176. The van der Waals surface area contributed by atoms with Gasteiger partial charge in [0.1, 0.15) is 16.7 Å². The summed E-state index contributed by atoms with van der Waals surface area (Å²) in [5.74, 6) is 0. The lowest BCUT2D eigenvalue weighted by Crippen LogP contribution is -2.16. The molecule has 0 bridgehead atoms. The Kier molecular flexibility index (Phi) is 6.98. The molecule has 2 heterocycles. The van der Waals surface area contributed by atoms with Crippen molar-refractivity contribution < 1.29 is 8.83 Å². The Morgan fingerprint density at radius 1 is 0.379 bits per heavy atom. The first-order valence-electron chi connectivity index (χ1n) is 20.0. The van der Waals surface area contributed by atoms with Gasteiger partial charge in [-0.3, -0.25) is 0 Å². The summed E-state index contributed by atoms with van der Waals surface area (Å²) in [5, 5.41) is 6.76. The van der Waals surface area contributed by atoms with Crippen molar-refractivity contribution in [3.63, 3.8) is 0 Å². The molecule has 0 radical (unpaired) electrons. The third-order valence-corrected chi connectivity index (χ3v) is 12.5. The third-order valence-electron chi connectivity index (χ3n) is 12.5. The maximum Gasteiger partial charge on any atom is 0.159 e. The van der Waals surface area contributed by atoms with Gasteiger partial charge in [0.2, 0.25) is 0 Å². The molecule has 12 rings (SSSR count). The molecular formula is C55H37NO2. The number of hydrogen-bond acceptors (Lipinski definition) is 3. The Hall–Kier alpha value is -7.36. The molecule has 3 heteroatoms. The summed E-state index contributed by atoms with van der Waals surface area (Å²) < 4.78 is 13.5. The fraction of sp³-hybridized carbons (Fsp3) is 0.0545. The van der Waals surface area contributed by atoms with Crippen LogP contribution in [0.3, 0.4) is 0 Å². The largest absolute Gasteiger partial charge is 0.456 e. The minimum Gasteiger partial charge on any atom is -0.456 e. The summed E-state index contributed by atoms with van der Waals surface area (Å²) >= 11 is 0. The Bertz CT molecular complexity index is 3420. The van der Waals surface area contributed by atoms with E-state index in [-0.39, 0.29) is 5.41 Å². The molecule has 1 aliphatic carbocycles. The average Bonchev–Trinajstić information content (AvgIpc) is 3.92. The summed E-state index contributed by atoms with van der Waals surface area (Å²) in [6, 6.07) is 67.5. The van der Waals surface area contributed by atoms with Crippen LogP contribution in [0.2, 0.25) is 0 Å². The number of nitrogens with zero attached hydrogens (tertiary/aromatic N) is 1. The van der Waals surface area contributed by atoms with Crippen LogP contribution in [-0.2, 0) is 5.41 Å². The first-order chi connectivity index (χ1) is 28.5. The Balaban J connectivity index is 1.10. The highest BCUT2D eigenvalue weighted by Crippen LogP contribution is 2.52. The molecule has 0 N–H and O–H groups in total. The maximum absolute atomic E-state index is 7.17. The Morgan fingerprint density at radius 3 is 1.88 bits per heavy atom. The van der Waals surface area contributed by atoms with Gasteiger partial charge in [0, 0.05) is 38.3 Å². The fourth-order valence-electron chi connectivity index (χ4n) is 9.74. The smallest absolute Gasteiger partial charge is 0.159 e. The van der Waals surface area contributed by atoms with E-state index in [2.05, 4.69) is 195 Å². The lowest BCUT2D eigenvalue weighted by Gasteiger charge is -2.28. The molecule has 0 unspecified atom stereocenters. The van der Waals surface area contributed by atoms with Crippen LogP contribution in [0.1, 0.15) is 25.0 Å². The molecule has 0 amide bonds. The molecule has 274 valence electrons. The molecule has 3 nitrogen and oxygen atoms in total. The van der Waals surface area contributed by atoms with E-state index in [9.17, 15) is 0 Å². The van der Waals surface area contributed by atoms with Gasteiger partial charge in [-0.1, -0.05) is 153 Å². The van der Waals surface area contributed by atoms with Crippen LogP contribution >= 0.6 is 0 Å². The van der Waals surface area contributed by atoms with Crippen LogP contribution in [0.4, 0.5) is 17.1 Å². The van der Waals surface area contributed by atoms with Gasteiger partial charge < -0.3 is 13.7 Å². The van der Waals surface area contributed by atoms with Crippen molar-refractivity contribution in [3.05, 3.63) is 199 Å². The van der Waals surface area contributed by atoms with Crippen LogP contribution in [0.25, 0.3) is 88.0 Å². The summed E-state index contributed by atoms with van der Waals surface area (Å²) in [6.45, 7) is 4.69. The molecular weight excluding hydrogens is 707 g/mol. The summed E-state index contributed by atoms with van der Waals surface area (Å²) in [7, 11) is 0. The predicted octanol–water partition coefficient (Wildman–Crippen LogP) is 15.7. The highest BCUT2D eigenvalue weighted by Gasteiger charge is 2.36. The number of para-hydroxylation sites is 2. The highest BCUT2D eigenvalue weighted by molar-refractivity contribution is 6.25. The Labute approximate surface area is 336 Å². The minimum atomic E-state index is -0.144. The van der Waals surface area contributed by atoms with Crippen molar-refractivity contribution >= 4 is 71.7 Å². The second kappa shape index (κ2) is 12.3. The van der Waals surface area contributed by atoms with Crippen molar-refractivity contribution in [1.82, 2.24) is 0 Å². The summed E-state index contributed by atoms with van der Waals surface area (Å²) in [5.41, 5.74) is 16.4. The fourth-order valence-corrected chi connectivity index (χ4v) is 9.74. The molecule has 0 saturated carbocycles. The molecule has 11 aromatic rings. The number of anilines is 3. The van der Waals surface area contributed by atoms with Gasteiger partial charge in [-0.05, 0) is 104 Å². The first-order valence-corrected chi connectivity index (χ1v) is 20.0. The SMILES string of the molecule is CC1(C)c2ccccc2-c2ccc(N(c3ccc(-c4ccccc4)cc3)c3cccc4c3oc3cc(-c5cccc6oc7ccccc7c56)c5ccccc5c34)cc21. The third kappa shape index (κ3) is 4.74. The zero-order valence-electron chi connectivity index (χ0n) is 32.2. The molecule has 9 aromatic carbocycles. The predicted molar refractivity (Wildman–Crippen MR) is 242 cm³/mol. The number of rotatable bonds is 5. The number of furan rings is 2. The van der Waals surface area contributed by atoms with Crippen LogP contribution in [0.5, 0.6) is 0 Å². The molecule has 0 fully saturated rings. The molecule has 1 aliphatic rings. The highest BCUT2D eigenvalue weighted by atomic mass is 16.3. The van der Waals surface area contributed by atoms with Gasteiger partial charge in [0.05, 0.1) is 5.69 Å². The zero-order chi connectivity index (χ0) is 38.5. The lowest BCUT2D eigenvalue weighted by atomic mass is 9.82. The van der Waals surface area contributed by atoms with E-state index in [0.29, 0.717) is 0 Å². The number of hydrogen-bond donors (Lipinski definition) is 0. The zero-order valence-corrected chi connectivity index (χ0v) is 32.2. The number of benzene rings is 9. The van der Waals surface area contributed by atoms with Crippen LogP contribution in [-0.4, -0.2) is 0 Å². The van der Waals surface area contributed by atoms with Crippen molar-refractivity contribution in [3.8, 4) is 33.4 Å². The van der Waals surface area contributed by atoms with Crippen molar-refractivity contribution in [2.24, 2.45) is 0 Å². The van der Waals surface area contributed by atoms with E-state index < -0.39 is 0 Å². The van der Waals surface area contributed by atoms with E-state index in [4.69, 9.17) is 8.83 Å². The molecule has 0 aliphatic heterocycles. The van der Waals surface area contributed by atoms with Crippen LogP contribution in [0.15, 0.2) is 197 Å². The molecule has 0 atom stereocenters. The van der Waals surface area contributed by atoms with Gasteiger partial charge in [-0.2, -0.15) is 0 Å². The van der Waals surface area contributed by atoms with Crippen molar-refractivity contribution in [1.29, 1.82) is 0 Å². The second-order valence-electron chi connectivity index (χ2n) is 16.0. The second-order valence-corrected chi connectivity index (χ2v) is 16.0. The van der Waals surface area contributed by atoms with E-state index in [1.165, 1.54) is 38.8 Å². The summed E-state index contributed by atoms with van der Waals surface area (Å²) in [6.07, 6.45) is 0. The van der Waals surface area contributed by atoms with E-state index in [0.717, 1.165) is 77.5 Å². The minimum absolute atomic E-state index is 0.144. The van der Waals surface area contributed by atoms with Crippen molar-refractivity contribution in [2.75, 3.05) is 4.90 Å². The molecule has 58 heavy (non-hydrogen) atoms. The topological polar surface area (TPSA) is 29.5 Å². The van der Waals surface area contributed by atoms with E-state index in [1.54, 1.807) is 0 Å².